The Balaban J connectivity index is 1.56. The van der Waals surface area contributed by atoms with E-state index in [2.05, 4.69) is 31.3 Å². The van der Waals surface area contributed by atoms with Crippen LogP contribution in [0.2, 0.25) is 0 Å². The summed E-state index contributed by atoms with van der Waals surface area (Å²) in [5, 5.41) is 2.68. The van der Waals surface area contributed by atoms with Gasteiger partial charge in [-0.15, -0.1) is 0 Å². The van der Waals surface area contributed by atoms with Crippen molar-refractivity contribution in [1.82, 2.24) is 9.62 Å². The van der Waals surface area contributed by atoms with E-state index in [-0.39, 0.29) is 10.5 Å². The fourth-order valence-corrected chi connectivity index (χ4v) is 4.51. The zero-order valence-corrected chi connectivity index (χ0v) is 16.1. The van der Waals surface area contributed by atoms with E-state index in [0.29, 0.717) is 23.2 Å². The van der Waals surface area contributed by atoms with Gasteiger partial charge < -0.3 is 5.32 Å². The molecule has 0 saturated carbocycles. The summed E-state index contributed by atoms with van der Waals surface area (Å²) in [6.45, 7) is 4.11. The number of carbonyl (C=O) groups is 2. The van der Waals surface area contributed by atoms with Crippen LogP contribution in [0.3, 0.4) is 0 Å². The maximum Gasteiger partial charge on any atom is 0.269 e. The van der Waals surface area contributed by atoms with Crippen LogP contribution in [0.1, 0.15) is 41.3 Å². The van der Waals surface area contributed by atoms with E-state index >= 15 is 0 Å². The first-order valence-corrected chi connectivity index (χ1v) is 10.3. The molecule has 27 heavy (non-hydrogen) atoms. The van der Waals surface area contributed by atoms with Gasteiger partial charge in [-0.1, -0.05) is 50.2 Å². The quantitative estimate of drug-likeness (QED) is 0.826. The Labute approximate surface area is 159 Å². The number of amides is 2. The van der Waals surface area contributed by atoms with Gasteiger partial charge in [0.1, 0.15) is 11.4 Å². The molecule has 6 nitrogen and oxygen atoms in total. The monoisotopic (exact) mass is 386 g/mol. The van der Waals surface area contributed by atoms with Gasteiger partial charge in [0.25, 0.3) is 15.9 Å². The van der Waals surface area contributed by atoms with Crippen LogP contribution < -0.4 is 5.32 Å². The highest BCUT2D eigenvalue weighted by Gasteiger charge is 2.41. The Morgan fingerprint density at radius 2 is 1.74 bits per heavy atom. The summed E-state index contributed by atoms with van der Waals surface area (Å²) in [7, 11) is -3.96. The van der Waals surface area contributed by atoms with Crippen LogP contribution in [0.15, 0.2) is 53.4 Å². The summed E-state index contributed by atoms with van der Waals surface area (Å²) in [5.74, 6) is -0.702. The van der Waals surface area contributed by atoms with Crippen molar-refractivity contribution in [1.29, 1.82) is 0 Å². The van der Waals surface area contributed by atoms with Crippen LogP contribution in [-0.4, -0.2) is 37.6 Å². The van der Waals surface area contributed by atoms with Gasteiger partial charge in [0, 0.05) is 6.54 Å². The number of nitrogens with zero attached hydrogens (tertiary/aromatic N) is 1. The van der Waals surface area contributed by atoms with Crippen molar-refractivity contribution in [2.75, 3.05) is 13.1 Å². The molecule has 0 unspecified atom stereocenters. The van der Waals surface area contributed by atoms with Crippen LogP contribution >= 0.6 is 0 Å². The molecule has 142 valence electrons. The summed E-state index contributed by atoms with van der Waals surface area (Å²) < 4.78 is 25.5. The minimum absolute atomic E-state index is 0.0481. The molecule has 0 saturated heterocycles. The van der Waals surface area contributed by atoms with E-state index in [1.165, 1.54) is 17.7 Å². The Morgan fingerprint density at radius 3 is 2.37 bits per heavy atom. The molecule has 3 rings (SSSR count). The smallest absolute Gasteiger partial charge is 0.269 e. The minimum atomic E-state index is -3.96. The van der Waals surface area contributed by atoms with Crippen molar-refractivity contribution in [3.63, 3.8) is 0 Å². The van der Waals surface area contributed by atoms with Crippen molar-refractivity contribution in [2.45, 2.75) is 31.1 Å². The van der Waals surface area contributed by atoms with Crippen molar-refractivity contribution in [2.24, 2.45) is 0 Å². The third-order valence-corrected chi connectivity index (χ3v) is 6.37. The predicted molar refractivity (Wildman–Crippen MR) is 102 cm³/mol. The lowest BCUT2D eigenvalue weighted by molar-refractivity contribution is -0.121. The van der Waals surface area contributed by atoms with Crippen molar-refractivity contribution >= 4 is 21.8 Å². The van der Waals surface area contributed by atoms with Gasteiger partial charge in [-0.3, -0.25) is 9.59 Å². The number of hydrogen-bond donors (Lipinski definition) is 1. The molecule has 0 atom stereocenters. The summed E-state index contributed by atoms with van der Waals surface area (Å²) in [5.41, 5.74) is 2.44. The molecular formula is C20H22N2O4S. The van der Waals surface area contributed by atoms with Gasteiger partial charge in [-0.2, -0.15) is 0 Å². The van der Waals surface area contributed by atoms with E-state index in [4.69, 9.17) is 0 Å². The van der Waals surface area contributed by atoms with Crippen LogP contribution in [0.25, 0.3) is 0 Å². The Hall–Kier alpha value is -2.67. The van der Waals surface area contributed by atoms with E-state index in [1.807, 2.05) is 12.1 Å². The van der Waals surface area contributed by atoms with Crippen molar-refractivity contribution in [3.8, 4) is 0 Å². The third-order valence-electron chi connectivity index (χ3n) is 4.58. The number of rotatable bonds is 6. The average Bonchev–Trinajstić information content (AvgIpc) is 2.83. The van der Waals surface area contributed by atoms with E-state index < -0.39 is 28.4 Å². The molecule has 2 aromatic rings. The van der Waals surface area contributed by atoms with Crippen molar-refractivity contribution < 1.29 is 18.0 Å². The highest BCUT2D eigenvalue weighted by molar-refractivity contribution is 7.90. The van der Waals surface area contributed by atoms with Gasteiger partial charge in [-0.05, 0) is 35.6 Å². The van der Waals surface area contributed by atoms with Gasteiger partial charge in [-0.25, -0.2) is 12.7 Å². The number of fused-ring (bicyclic) bond motifs is 1. The lowest BCUT2D eigenvalue weighted by Gasteiger charge is -2.15. The second-order valence-corrected chi connectivity index (χ2v) is 8.64. The second-order valence-electron chi connectivity index (χ2n) is 6.81. The molecule has 1 aliphatic heterocycles. The summed E-state index contributed by atoms with van der Waals surface area (Å²) in [6, 6.07) is 14.1. The van der Waals surface area contributed by atoms with Gasteiger partial charge in [0.2, 0.25) is 5.91 Å². The molecular weight excluding hydrogens is 364 g/mol. The number of hydrogen-bond acceptors (Lipinski definition) is 4. The lowest BCUT2D eigenvalue weighted by Crippen LogP contribution is -2.40. The molecule has 1 heterocycles. The van der Waals surface area contributed by atoms with Crippen LogP contribution in [0, 0.1) is 0 Å². The Morgan fingerprint density at radius 1 is 1.07 bits per heavy atom. The first-order chi connectivity index (χ1) is 12.8. The summed E-state index contributed by atoms with van der Waals surface area (Å²) in [6.07, 6.45) is 0.630. The fraction of sp³-hybridized carbons (Fsp3) is 0.300. The maximum absolute atomic E-state index is 12.4. The second kappa shape index (κ2) is 7.52. The maximum atomic E-state index is 12.4. The van der Waals surface area contributed by atoms with Crippen LogP contribution in [0.5, 0.6) is 0 Å². The van der Waals surface area contributed by atoms with Crippen molar-refractivity contribution in [3.05, 3.63) is 65.2 Å². The topological polar surface area (TPSA) is 83.6 Å². The van der Waals surface area contributed by atoms with E-state index in [0.717, 1.165) is 5.56 Å². The minimum Gasteiger partial charge on any atom is -0.354 e. The number of sulfonamides is 1. The Kier molecular flexibility index (Phi) is 5.32. The lowest BCUT2D eigenvalue weighted by atomic mass is 10.0. The predicted octanol–water partition coefficient (Wildman–Crippen LogP) is 2.31. The zero-order chi connectivity index (χ0) is 19.6. The molecule has 0 aromatic heterocycles. The summed E-state index contributed by atoms with van der Waals surface area (Å²) >= 11 is 0. The number of nitrogens with one attached hydrogen (secondary N) is 1. The average molecular weight is 386 g/mol. The van der Waals surface area contributed by atoms with Crippen LogP contribution in [-0.2, 0) is 21.2 Å². The van der Waals surface area contributed by atoms with E-state index in [1.54, 1.807) is 12.1 Å². The molecule has 7 heteroatoms. The van der Waals surface area contributed by atoms with Crippen LogP contribution in [0.4, 0.5) is 0 Å². The molecule has 0 spiro atoms. The van der Waals surface area contributed by atoms with Gasteiger partial charge >= 0.3 is 0 Å². The van der Waals surface area contributed by atoms with Gasteiger partial charge in [0.15, 0.2) is 0 Å². The Bertz CT molecular complexity index is 966. The largest absolute Gasteiger partial charge is 0.354 e. The molecule has 0 aliphatic carbocycles. The number of benzene rings is 2. The highest BCUT2D eigenvalue weighted by Crippen LogP contribution is 2.29. The standard InChI is InChI=1S/C20H22N2O4S/c1-14(2)16-9-7-15(8-10-16)11-12-21-19(23)13-22-20(24)17-5-3-4-6-18(17)27(22,25)26/h3-10,14H,11-13H2,1-2H3,(H,21,23). The zero-order valence-electron chi connectivity index (χ0n) is 15.3. The molecule has 2 amide bonds. The molecule has 0 radical (unpaired) electrons. The third kappa shape index (κ3) is 3.88. The molecule has 1 N–H and O–H groups in total. The molecule has 0 bridgehead atoms. The number of carbonyl (C=O) groups excluding carboxylic acids is 2. The summed E-state index contributed by atoms with van der Waals surface area (Å²) in [4.78, 5) is 24.4. The van der Waals surface area contributed by atoms with Gasteiger partial charge in [0.05, 0.1) is 5.56 Å². The molecule has 2 aromatic carbocycles. The normalized spacial score (nSPS) is 15.1. The highest BCUT2D eigenvalue weighted by atomic mass is 32.2. The fourth-order valence-electron chi connectivity index (χ4n) is 2.99. The first kappa shape index (κ1) is 19.1. The molecule has 0 fully saturated rings. The molecule has 1 aliphatic rings. The SMILES string of the molecule is CC(C)c1ccc(CCNC(=O)CN2C(=O)c3ccccc3S2(=O)=O)cc1. The van der Waals surface area contributed by atoms with E-state index in [9.17, 15) is 18.0 Å². The first-order valence-electron chi connectivity index (χ1n) is 8.82.